The zero-order valence-corrected chi connectivity index (χ0v) is 15.5. The highest BCUT2D eigenvalue weighted by molar-refractivity contribution is 7.89. The minimum Gasteiger partial charge on any atom is -0.347 e. The zero-order chi connectivity index (χ0) is 17.5. The Morgan fingerprint density at radius 3 is 2.71 bits per heavy atom. The van der Waals surface area contributed by atoms with E-state index < -0.39 is 10.0 Å². The molecule has 1 saturated heterocycles. The number of aromatic nitrogens is 4. The number of rotatable bonds is 4. The molecule has 1 atom stereocenters. The van der Waals surface area contributed by atoms with Crippen molar-refractivity contribution in [1.82, 2.24) is 29.0 Å². The van der Waals surface area contributed by atoms with Crippen molar-refractivity contribution < 1.29 is 8.42 Å². The van der Waals surface area contributed by atoms with Crippen LogP contribution in [0.5, 0.6) is 0 Å². The van der Waals surface area contributed by atoms with Gasteiger partial charge >= 0.3 is 0 Å². The summed E-state index contributed by atoms with van der Waals surface area (Å²) in [6.07, 6.45) is 3.43. The predicted molar refractivity (Wildman–Crippen MR) is 90.3 cm³/mol. The Bertz CT molecular complexity index is 817. The lowest BCUT2D eigenvalue weighted by Crippen LogP contribution is -2.50. The SMILES string of the molecule is CCN1CCN(S(=O)(=O)c2c(C)nn(C)c2Cl)C[C@H]1c1ncc[nH]1. The van der Waals surface area contributed by atoms with Crippen LogP contribution in [-0.2, 0) is 17.1 Å². The first kappa shape index (κ1) is 17.4. The van der Waals surface area contributed by atoms with Gasteiger partial charge in [-0.15, -0.1) is 0 Å². The summed E-state index contributed by atoms with van der Waals surface area (Å²) in [6.45, 7) is 5.92. The van der Waals surface area contributed by atoms with Crippen LogP contribution in [0.2, 0.25) is 5.15 Å². The van der Waals surface area contributed by atoms with Crippen molar-refractivity contribution in [3.8, 4) is 0 Å². The molecule has 8 nitrogen and oxygen atoms in total. The van der Waals surface area contributed by atoms with E-state index in [4.69, 9.17) is 11.6 Å². The number of imidazole rings is 1. The van der Waals surface area contributed by atoms with Gasteiger partial charge in [-0.2, -0.15) is 9.40 Å². The summed E-state index contributed by atoms with van der Waals surface area (Å²) in [4.78, 5) is 9.70. The first-order chi connectivity index (χ1) is 11.4. The summed E-state index contributed by atoms with van der Waals surface area (Å²) in [5.41, 5.74) is 0.412. The average Bonchev–Trinajstić information content (AvgIpc) is 3.15. The molecular formula is C14H21ClN6O2S. The van der Waals surface area contributed by atoms with E-state index in [0.717, 1.165) is 12.4 Å². The van der Waals surface area contributed by atoms with Gasteiger partial charge in [-0.25, -0.2) is 13.4 Å². The molecule has 132 valence electrons. The minimum atomic E-state index is -3.71. The number of hydrogen-bond acceptors (Lipinski definition) is 5. The van der Waals surface area contributed by atoms with Crippen molar-refractivity contribution in [1.29, 1.82) is 0 Å². The highest BCUT2D eigenvalue weighted by Crippen LogP contribution is 2.31. The van der Waals surface area contributed by atoms with Gasteiger partial charge in [-0.1, -0.05) is 18.5 Å². The normalized spacial score (nSPS) is 20.6. The third-order valence-corrected chi connectivity index (χ3v) is 6.95. The lowest BCUT2D eigenvalue weighted by Gasteiger charge is -2.39. The molecule has 0 bridgehead atoms. The van der Waals surface area contributed by atoms with E-state index in [1.54, 1.807) is 26.4 Å². The minimum absolute atomic E-state index is 0.0924. The van der Waals surface area contributed by atoms with E-state index in [1.165, 1.54) is 8.99 Å². The van der Waals surface area contributed by atoms with Gasteiger partial charge in [-0.3, -0.25) is 9.58 Å². The molecule has 0 amide bonds. The van der Waals surface area contributed by atoms with Crippen LogP contribution in [-0.4, -0.2) is 63.6 Å². The standard InChI is InChI=1S/C14H21ClN6O2S/c1-4-20-7-8-21(9-11(20)14-16-5-6-17-14)24(22,23)12-10(2)18-19(3)13(12)15/h5-6,11H,4,7-9H2,1-3H3,(H,16,17)/t11-/m0/s1. The molecule has 3 heterocycles. The summed E-state index contributed by atoms with van der Waals surface area (Å²) >= 11 is 6.18. The molecule has 0 radical (unpaired) electrons. The maximum atomic E-state index is 13.1. The highest BCUT2D eigenvalue weighted by Gasteiger charge is 2.38. The number of aryl methyl sites for hydroxylation is 2. The number of piperazine rings is 1. The second kappa shape index (κ2) is 6.47. The van der Waals surface area contributed by atoms with Gasteiger partial charge in [0.25, 0.3) is 0 Å². The number of aromatic amines is 1. The van der Waals surface area contributed by atoms with Crippen LogP contribution in [0, 0.1) is 6.92 Å². The van der Waals surface area contributed by atoms with Crippen molar-refractivity contribution in [2.45, 2.75) is 24.8 Å². The molecule has 24 heavy (non-hydrogen) atoms. The van der Waals surface area contributed by atoms with Crippen molar-refractivity contribution in [3.05, 3.63) is 29.1 Å². The quantitative estimate of drug-likeness (QED) is 0.870. The van der Waals surface area contributed by atoms with Gasteiger partial charge in [0.1, 0.15) is 15.9 Å². The van der Waals surface area contributed by atoms with E-state index in [-0.39, 0.29) is 16.1 Å². The van der Waals surface area contributed by atoms with Crippen LogP contribution in [0.4, 0.5) is 0 Å². The Balaban J connectivity index is 1.94. The molecule has 0 saturated carbocycles. The number of likely N-dealkylation sites (N-methyl/N-ethyl adjacent to an activating group) is 1. The lowest BCUT2D eigenvalue weighted by atomic mass is 10.2. The summed E-state index contributed by atoms with van der Waals surface area (Å²) in [6, 6.07) is -0.107. The monoisotopic (exact) mass is 372 g/mol. The summed E-state index contributed by atoms with van der Waals surface area (Å²) in [7, 11) is -2.07. The van der Waals surface area contributed by atoms with Crippen LogP contribution < -0.4 is 0 Å². The van der Waals surface area contributed by atoms with E-state index in [1.807, 2.05) is 0 Å². The van der Waals surface area contributed by atoms with Crippen LogP contribution in [0.25, 0.3) is 0 Å². The van der Waals surface area contributed by atoms with Crippen LogP contribution in [0.1, 0.15) is 24.5 Å². The van der Waals surface area contributed by atoms with Crippen molar-refractivity contribution in [3.63, 3.8) is 0 Å². The maximum absolute atomic E-state index is 13.1. The second-order valence-electron chi connectivity index (χ2n) is 5.81. The Kier molecular flexibility index (Phi) is 4.69. The Morgan fingerprint density at radius 1 is 1.42 bits per heavy atom. The third-order valence-electron chi connectivity index (χ3n) is 4.39. The molecule has 0 spiro atoms. The first-order valence-electron chi connectivity index (χ1n) is 7.78. The highest BCUT2D eigenvalue weighted by atomic mass is 35.5. The van der Waals surface area contributed by atoms with E-state index in [9.17, 15) is 8.42 Å². The fourth-order valence-electron chi connectivity index (χ4n) is 3.14. The molecule has 1 fully saturated rings. The molecule has 0 aromatic carbocycles. The molecule has 2 aromatic heterocycles. The zero-order valence-electron chi connectivity index (χ0n) is 13.9. The Morgan fingerprint density at radius 2 is 2.17 bits per heavy atom. The van der Waals surface area contributed by atoms with Gasteiger partial charge in [0.2, 0.25) is 10.0 Å². The number of nitrogens with one attached hydrogen (secondary N) is 1. The topological polar surface area (TPSA) is 87.1 Å². The molecular weight excluding hydrogens is 352 g/mol. The first-order valence-corrected chi connectivity index (χ1v) is 9.60. The lowest BCUT2D eigenvalue weighted by molar-refractivity contribution is 0.119. The molecule has 0 unspecified atom stereocenters. The Hall–Kier alpha value is -1.42. The molecule has 1 aliphatic rings. The van der Waals surface area contributed by atoms with Gasteiger partial charge in [-0.05, 0) is 13.5 Å². The Labute approximate surface area is 146 Å². The summed E-state index contributed by atoms with van der Waals surface area (Å²) in [5, 5.41) is 4.26. The van der Waals surface area contributed by atoms with Crippen molar-refractivity contribution in [2.24, 2.45) is 7.05 Å². The number of nitrogens with zero attached hydrogens (tertiary/aromatic N) is 5. The summed E-state index contributed by atoms with van der Waals surface area (Å²) in [5.74, 6) is 0.769. The molecule has 1 aliphatic heterocycles. The smallest absolute Gasteiger partial charge is 0.248 e. The van der Waals surface area contributed by atoms with Gasteiger partial charge in [0.15, 0.2) is 0 Å². The van der Waals surface area contributed by atoms with Crippen LogP contribution >= 0.6 is 11.6 Å². The molecule has 1 N–H and O–H groups in total. The molecule has 10 heteroatoms. The average molecular weight is 373 g/mol. The number of sulfonamides is 1. The number of halogens is 1. The molecule has 0 aliphatic carbocycles. The number of hydrogen-bond donors (Lipinski definition) is 1. The van der Waals surface area contributed by atoms with Gasteiger partial charge < -0.3 is 4.98 Å². The summed E-state index contributed by atoms with van der Waals surface area (Å²) < 4.78 is 29.0. The van der Waals surface area contributed by atoms with Gasteiger partial charge in [0.05, 0.1) is 11.7 Å². The fourth-order valence-corrected chi connectivity index (χ4v) is 5.29. The third kappa shape index (κ3) is 2.85. The molecule has 3 rings (SSSR count). The van der Waals surface area contributed by atoms with Crippen molar-refractivity contribution in [2.75, 3.05) is 26.2 Å². The largest absolute Gasteiger partial charge is 0.347 e. The fraction of sp³-hybridized carbons (Fsp3) is 0.571. The van der Waals surface area contributed by atoms with E-state index in [2.05, 4.69) is 26.9 Å². The van der Waals surface area contributed by atoms with Gasteiger partial charge in [0, 0.05) is 39.1 Å². The number of H-pyrrole nitrogens is 1. The second-order valence-corrected chi connectivity index (χ2v) is 8.04. The predicted octanol–water partition coefficient (Wildman–Crippen LogP) is 1.17. The van der Waals surface area contributed by atoms with Crippen LogP contribution in [0.15, 0.2) is 17.3 Å². The molecule has 2 aromatic rings. The van der Waals surface area contributed by atoms with Crippen LogP contribution in [0.3, 0.4) is 0 Å². The van der Waals surface area contributed by atoms with E-state index in [0.29, 0.717) is 25.3 Å². The van der Waals surface area contributed by atoms with Crippen molar-refractivity contribution >= 4 is 21.6 Å². The van der Waals surface area contributed by atoms with E-state index >= 15 is 0 Å². The maximum Gasteiger partial charge on any atom is 0.248 e.